The summed E-state index contributed by atoms with van der Waals surface area (Å²) >= 11 is 0. The molecule has 3 heterocycles. The van der Waals surface area contributed by atoms with E-state index in [0.717, 1.165) is 56.3 Å². The highest BCUT2D eigenvalue weighted by Crippen LogP contribution is 2.38. The first-order valence-corrected chi connectivity index (χ1v) is 9.99. The molecule has 1 aromatic carbocycles. The largest absolute Gasteiger partial charge is 0.485 e. The van der Waals surface area contributed by atoms with E-state index in [-0.39, 0.29) is 11.5 Å². The molecule has 1 aromatic heterocycles. The molecule has 1 fully saturated rings. The summed E-state index contributed by atoms with van der Waals surface area (Å²) in [6.45, 7) is 8.03. The maximum Gasteiger partial charge on any atom is 0.238 e. The standard InChI is InChI=1S/C22H28N4O2/c1-22(2)10-9-17-6-5-7-18(21(17)28-22)24-20(27)16-25-12-14-26(15-13-25)19-8-3-4-11-23-19/h3-8,11H,9-10,12-16H2,1-2H3,(H,24,27). The van der Waals surface area contributed by atoms with Crippen molar-refractivity contribution in [3.8, 4) is 5.75 Å². The van der Waals surface area contributed by atoms with Gasteiger partial charge in [0.2, 0.25) is 5.91 Å². The van der Waals surface area contributed by atoms with E-state index in [1.54, 1.807) is 0 Å². The summed E-state index contributed by atoms with van der Waals surface area (Å²) in [6.07, 6.45) is 3.78. The SMILES string of the molecule is CC1(C)CCc2cccc(NC(=O)CN3CCN(c4ccccn4)CC3)c2O1. The number of anilines is 2. The topological polar surface area (TPSA) is 57.7 Å². The molecule has 0 spiro atoms. The second kappa shape index (κ2) is 7.80. The molecule has 2 aliphatic heterocycles. The van der Waals surface area contributed by atoms with E-state index < -0.39 is 0 Å². The lowest BCUT2D eigenvalue weighted by atomic mass is 9.94. The minimum Gasteiger partial charge on any atom is -0.485 e. The van der Waals surface area contributed by atoms with Gasteiger partial charge in [-0.05, 0) is 50.5 Å². The van der Waals surface area contributed by atoms with Gasteiger partial charge in [-0.25, -0.2) is 4.98 Å². The smallest absolute Gasteiger partial charge is 0.238 e. The van der Waals surface area contributed by atoms with Crippen LogP contribution >= 0.6 is 0 Å². The lowest BCUT2D eigenvalue weighted by Crippen LogP contribution is -2.49. The molecule has 148 valence electrons. The molecule has 1 amide bonds. The van der Waals surface area contributed by atoms with Crippen molar-refractivity contribution in [3.63, 3.8) is 0 Å². The van der Waals surface area contributed by atoms with Crippen molar-refractivity contribution in [3.05, 3.63) is 48.2 Å². The Morgan fingerprint density at radius 1 is 1.14 bits per heavy atom. The van der Waals surface area contributed by atoms with Gasteiger partial charge in [0.15, 0.2) is 0 Å². The number of rotatable bonds is 4. The molecule has 1 saturated heterocycles. The highest BCUT2D eigenvalue weighted by Gasteiger charge is 2.29. The van der Waals surface area contributed by atoms with Crippen molar-refractivity contribution in [2.75, 3.05) is 42.9 Å². The van der Waals surface area contributed by atoms with Gasteiger partial charge in [0, 0.05) is 32.4 Å². The summed E-state index contributed by atoms with van der Waals surface area (Å²) in [5, 5.41) is 3.07. The molecule has 28 heavy (non-hydrogen) atoms. The van der Waals surface area contributed by atoms with E-state index >= 15 is 0 Å². The van der Waals surface area contributed by atoms with Crippen LogP contribution in [0.4, 0.5) is 11.5 Å². The number of carbonyl (C=O) groups excluding carboxylic acids is 1. The fourth-order valence-electron chi connectivity index (χ4n) is 3.83. The van der Waals surface area contributed by atoms with Crippen LogP contribution in [0.2, 0.25) is 0 Å². The van der Waals surface area contributed by atoms with Crippen LogP contribution < -0.4 is 15.0 Å². The van der Waals surface area contributed by atoms with Crippen LogP contribution in [0.5, 0.6) is 5.75 Å². The zero-order valence-electron chi connectivity index (χ0n) is 16.6. The number of para-hydroxylation sites is 1. The van der Waals surface area contributed by atoms with Gasteiger partial charge in [-0.15, -0.1) is 0 Å². The summed E-state index contributed by atoms with van der Waals surface area (Å²) in [4.78, 5) is 21.5. The number of amides is 1. The minimum atomic E-state index is -0.199. The van der Waals surface area contributed by atoms with E-state index in [0.29, 0.717) is 6.54 Å². The number of piperazine rings is 1. The van der Waals surface area contributed by atoms with Gasteiger partial charge < -0.3 is 15.0 Å². The number of aryl methyl sites for hydroxylation is 1. The number of benzene rings is 1. The zero-order valence-corrected chi connectivity index (χ0v) is 16.6. The van der Waals surface area contributed by atoms with Crippen molar-refractivity contribution < 1.29 is 9.53 Å². The Bertz CT molecular complexity index is 830. The van der Waals surface area contributed by atoms with Crippen LogP contribution in [-0.2, 0) is 11.2 Å². The Morgan fingerprint density at radius 3 is 2.71 bits per heavy atom. The Labute approximate surface area is 166 Å². The van der Waals surface area contributed by atoms with Gasteiger partial charge in [0.25, 0.3) is 0 Å². The molecule has 6 heteroatoms. The average Bonchev–Trinajstić information content (AvgIpc) is 2.69. The van der Waals surface area contributed by atoms with E-state index in [2.05, 4.69) is 40.0 Å². The number of carbonyl (C=O) groups is 1. The lowest BCUT2D eigenvalue weighted by Gasteiger charge is -2.35. The van der Waals surface area contributed by atoms with Crippen molar-refractivity contribution in [2.45, 2.75) is 32.3 Å². The minimum absolute atomic E-state index is 0.00617. The molecule has 2 aromatic rings. The van der Waals surface area contributed by atoms with E-state index in [4.69, 9.17) is 4.74 Å². The maximum atomic E-state index is 12.6. The zero-order chi connectivity index (χ0) is 19.6. The molecule has 0 bridgehead atoms. The van der Waals surface area contributed by atoms with Crippen molar-refractivity contribution >= 4 is 17.4 Å². The fraction of sp³-hybridized carbons (Fsp3) is 0.455. The van der Waals surface area contributed by atoms with Crippen LogP contribution in [-0.4, -0.2) is 54.1 Å². The monoisotopic (exact) mass is 380 g/mol. The van der Waals surface area contributed by atoms with E-state index in [9.17, 15) is 4.79 Å². The first-order chi connectivity index (χ1) is 13.5. The summed E-state index contributed by atoms with van der Waals surface area (Å²) in [6, 6.07) is 12.0. The normalized spacial score (nSPS) is 18.9. The Balaban J connectivity index is 1.34. The van der Waals surface area contributed by atoms with Crippen LogP contribution in [0.1, 0.15) is 25.8 Å². The molecule has 4 rings (SSSR count). The second-order valence-corrected chi connectivity index (χ2v) is 8.15. The highest BCUT2D eigenvalue weighted by atomic mass is 16.5. The molecular weight excluding hydrogens is 352 g/mol. The third-order valence-electron chi connectivity index (χ3n) is 5.46. The number of aromatic nitrogens is 1. The van der Waals surface area contributed by atoms with Gasteiger partial charge in [0.05, 0.1) is 12.2 Å². The molecule has 0 aliphatic carbocycles. The third kappa shape index (κ3) is 4.28. The summed E-state index contributed by atoms with van der Waals surface area (Å²) < 4.78 is 6.16. The van der Waals surface area contributed by atoms with Gasteiger partial charge in [0.1, 0.15) is 17.2 Å². The number of nitrogens with one attached hydrogen (secondary N) is 1. The Hall–Kier alpha value is -2.60. The predicted molar refractivity (Wildman–Crippen MR) is 111 cm³/mol. The summed E-state index contributed by atoms with van der Waals surface area (Å²) in [7, 11) is 0. The fourth-order valence-corrected chi connectivity index (χ4v) is 3.83. The van der Waals surface area contributed by atoms with Crippen molar-refractivity contribution in [1.29, 1.82) is 0 Å². The molecule has 6 nitrogen and oxygen atoms in total. The first-order valence-electron chi connectivity index (χ1n) is 9.99. The van der Waals surface area contributed by atoms with Gasteiger partial charge in [-0.2, -0.15) is 0 Å². The molecule has 0 atom stereocenters. The van der Waals surface area contributed by atoms with Gasteiger partial charge >= 0.3 is 0 Å². The summed E-state index contributed by atoms with van der Waals surface area (Å²) in [5.41, 5.74) is 1.75. The van der Waals surface area contributed by atoms with Gasteiger partial charge in [-0.3, -0.25) is 9.69 Å². The second-order valence-electron chi connectivity index (χ2n) is 8.15. The quantitative estimate of drug-likeness (QED) is 0.884. The third-order valence-corrected chi connectivity index (χ3v) is 5.46. The van der Waals surface area contributed by atoms with Crippen molar-refractivity contribution in [2.24, 2.45) is 0 Å². The number of fused-ring (bicyclic) bond motifs is 1. The van der Waals surface area contributed by atoms with Gasteiger partial charge in [-0.1, -0.05) is 18.2 Å². The molecule has 1 N–H and O–H groups in total. The van der Waals surface area contributed by atoms with Crippen molar-refractivity contribution in [1.82, 2.24) is 9.88 Å². The van der Waals surface area contributed by atoms with E-state index in [1.165, 1.54) is 5.56 Å². The molecule has 0 unspecified atom stereocenters. The molecule has 2 aliphatic rings. The van der Waals surface area contributed by atoms with Crippen LogP contribution in [0.3, 0.4) is 0 Å². The highest BCUT2D eigenvalue weighted by molar-refractivity contribution is 5.94. The molecular formula is C22H28N4O2. The number of nitrogens with zero attached hydrogens (tertiary/aromatic N) is 3. The number of ether oxygens (including phenoxy) is 1. The van der Waals surface area contributed by atoms with Crippen LogP contribution in [0, 0.1) is 0 Å². The van der Waals surface area contributed by atoms with Crippen LogP contribution in [0.25, 0.3) is 0 Å². The Kier molecular flexibility index (Phi) is 5.22. The predicted octanol–water partition coefficient (Wildman–Crippen LogP) is 2.95. The first kappa shape index (κ1) is 18.7. The summed E-state index contributed by atoms with van der Waals surface area (Å²) in [5.74, 6) is 1.83. The number of hydrogen-bond donors (Lipinski definition) is 1. The maximum absolute atomic E-state index is 12.6. The van der Waals surface area contributed by atoms with E-state index in [1.807, 2.05) is 36.5 Å². The lowest BCUT2D eigenvalue weighted by molar-refractivity contribution is -0.117. The number of hydrogen-bond acceptors (Lipinski definition) is 5. The number of pyridine rings is 1. The molecule has 0 saturated carbocycles. The van der Waals surface area contributed by atoms with Crippen LogP contribution in [0.15, 0.2) is 42.6 Å². The average molecular weight is 380 g/mol. The Morgan fingerprint density at radius 2 is 1.96 bits per heavy atom. The molecule has 0 radical (unpaired) electrons.